The summed E-state index contributed by atoms with van der Waals surface area (Å²) < 4.78 is 0. The SMILES string of the molecule is N=C(N)SCCCN1CCCC1. The number of nitrogens with one attached hydrogen (secondary N) is 1. The molecule has 1 rings (SSSR count). The van der Waals surface area contributed by atoms with E-state index < -0.39 is 0 Å². The predicted octanol–water partition coefficient (Wildman–Crippen LogP) is 1.10. The summed E-state index contributed by atoms with van der Waals surface area (Å²) in [5.74, 6) is 0.992. The van der Waals surface area contributed by atoms with Gasteiger partial charge in [-0.05, 0) is 38.9 Å². The second-order valence-electron chi connectivity index (χ2n) is 3.12. The average Bonchev–Trinajstić information content (AvgIpc) is 2.49. The maximum absolute atomic E-state index is 7.01. The number of hydrogen-bond donors (Lipinski definition) is 2. The Morgan fingerprint density at radius 1 is 1.42 bits per heavy atom. The van der Waals surface area contributed by atoms with E-state index >= 15 is 0 Å². The van der Waals surface area contributed by atoms with Crippen molar-refractivity contribution in [2.45, 2.75) is 19.3 Å². The van der Waals surface area contributed by atoms with Crippen molar-refractivity contribution in [1.82, 2.24) is 4.90 Å². The molecule has 4 heteroatoms. The molecular formula is C8H17N3S. The van der Waals surface area contributed by atoms with Crippen LogP contribution in [0.4, 0.5) is 0 Å². The molecular weight excluding hydrogens is 170 g/mol. The normalized spacial score (nSPS) is 18.3. The monoisotopic (exact) mass is 187 g/mol. The Labute approximate surface area is 78.2 Å². The van der Waals surface area contributed by atoms with Crippen LogP contribution in [0.3, 0.4) is 0 Å². The Balaban J connectivity index is 1.91. The van der Waals surface area contributed by atoms with Crippen molar-refractivity contribution in [1.29, 1.82) is 5.41 Å². The number of rotatable bonds is 4. The van der Waals surface area contributed by atoms with E-state index in [0.29, 0.717) is 0 Å². The molecule has 0 aliphatic carbocycles. The molecule has 0 saturated carbocycles. The first kappa shape index (κ1) is 9.86. The minimum atomic E-state index is 0.247. The van der Waals surface area contributed by atoms with Crippen molar-refractivity contribution in [3.05, 3.63) is 0 Å². The van der Waals surface area contributed by atoms with Gasteiger partial charge in [0.1, 0.15) is 0 Å². The number of thioether (sulfide) groups is 1. The van der Waals surface area contributed by atoms with Crippen molar-refractivity contribution >= 4 is 16.9 Å². The molecule has 0 aromatic rings. The fourth-order valence-electron chi connectivity index (χ4n) is 1.48. The van der Waals surface area contributed by atoms with E-state index in [2.05, 4.69) is 4.90 Å². The maximum Gasteiger partial charge on any atom is 0.151 e. The lowest BCUT2D eigenvalue weighted by Crippen LogP contribution is -2.21. The molecule has 0 atom stereocenters. The third-order valence-corrected chi connectivity index (χ3v) is 2.88. The Bertz CT molecular complexity index is 143. The largest absolute Gasteiger partial charge is 0.379 e. The van der Waals surface area contributed by atoms with Crippen LogP contribution in [0.5, 0.6) is 0 Å². The summed E-state index contributed by atoms with van der Waals surface area (Å²) in [5.41, 5.74) is 5.22. The molecule has 70 valence electrons. The minimum absolute atomic E-state index is 0.247. The van der Waals surface area contributed by atoms with E-state index in [1.807, 2.05) is 0 Å². The molecule has 0 radical (unpaired) electrons. The molecule has 1 fully saturated rings. The van der Waals surface area contributed by atoms with Gasteiger partial charge in [-0.3, -0.25) is 5.41 Å². The van der Waals surface area contributed by atoms with E-state index in [0.717, 1.165) is 12.2 Å². The summed E-state index contributed by atoms with van der Waals surface area (Å²) in [6.07, 6.45) is 3.88. The maximum atomic E-state index is 7.01. The van der Waals surface area contributed by atoms with E-state index in [9.17, 15) is 0 Å². The van der Waals surface area contributed by atoms with E-state index in [4.69, 9.17) is 11.1 Å². The zero-order chi connectivity index (χ0) is 8.81. The predicted molar refractivity (Wildman–Crippen MR) is 54.7 cm³/mol. The summed E-state index contributed by atoms with van der Waals surface area (Å²) in [6.45, 7) is 3.72. The molecule has 3 nitrogen and oxygen atoms in total. The van der Waals surface area contributed by atoms with Crippen molar-refractivity contribution < 1.29 is 0 Å². The average molecular weight is 187 g/mol. The highest BCUT2D eigenvalue weighted by Gasteiger charge is 2.09. The smallest absolute Gasteiger partial charge is 0.151 e. The molecule has 3 N–H and O–H groups in total. The van der Waals surface area contributed by atoms with Gasteiger partial charge in [0.2, 0.25) is 0 Å². The highest BCUT2D eigenvalue weighted by Crippen LogP contribution is 2.09. The van der Waals surface area contributed by atoms with Crippen LogP contribution in [0.25, 0.3) is 0 Å². The van der Waals surface area contributed by atoms with E-state index in [1.165, 1.54) is 44.2 Å². The Kier molecular flexibility index (Phi) is 4.46. The summed E-state index contributed by atoms with van der Waals surface area (Å²) >= 11 is 1.45. The lowest BCUT2D eigenvalue weighted by atomic mass is 10.4. The van der Waals surface area contributed by atoms with Crippen molar-refractivity contribution in [3.8, 4) is 0 Å². The van der Waals surface area contributed by atoms with Crippen LogP contribution in [-0.4, -0.2) is 35.5 Å². The van der Waals surface area contributed by atoms with Crippen molar-refractivity contribution in [3.63, 3.8) is 0 Å². The fraction of sp³-hybridized carbons (Fsp3) is 0.875. The third kappa shape index (κ3) is 3.97. The standard InChI is InChI=1S/C8H17N3S/c9-8(10)12-7-3-6-11-4-1-2-5-11/h1-7H2,(H3,9,10). The second-order valence-corrected chi connectivity index (χ2v) is 4.25. The Morgan fingerprint density at radius 2 is 2.08 bits per heavy atom. The topological polar surface area (TPSA) is 53.1 Å². The number of nitrogens with two attached hydrogens (primary N) is 1. The highest BCUT2D eigenvalue weighted by molar-refractivity contribution is 8.13. The van der Waals surface area contributed by atoms with Crippen LogP contribution in [0.1, 0.15) is 19.3 Å². The first-order valence-corrected chi connectivity index (χ1v) is 5.47. The molecule has 1 saturated heterocycles. The molecule has 0 amide bonds. The lowest BCUT2D eigenvalue weighted by Gasteiger charge is -2.13. The molecule has 1 aliphatic rings. The third-order valence-electron chi connectivity index (χ3n) is 2.07. The van der Waals surface area contributed by atoms with Crippen LogP contribution >= 0.6 is 11.8 Å². The summed E-state index contributed by atoms with van der Waals surface area (Å²) in [6, 6.07) is 0. The van der Waals surface area contributed by atoms with Crippen LogP contribution in [0.2, 0.25) is 0 Å². The zero-order valence-electron chi connectivity index (χ0n) is 7.38. The lowest BCUT2D eigenvalue weighted by molar-refractivity contribution is 0.341. The Morgan fingerprint density at radius 3 is 2.67 bits per heavy atom. The Hall–Kier alpha value is -0.220. The first-order chi connectivity index (χ1) is 5.79. The number of nitrogens with zero attached hydrogens (tertiary/aromatic N) is 1. The second kappa shape index (κ2) is 5.43. The highest BCUT2D eigenvalue weighted by atomic mass is 32.2. The molecule has 0 spiro atoms. The number of hydrogen-bond acceptors (Lipinski definition) is 3. The summed E-state index contributed by atoms with van der Waals surface area (Å²) in [4.78, 5) is 2.49. The quantitative estimate of drug-likeness (QED) is 0.394. The summed E-state index contributed by atoms with van der Waals surface area (Å²) in [5, 5.41) is 7.26. The van der Waals surface area contributed by atoms with Gasteiger partial charge >= 0.3 is 0 Å². The van der Waals surface area contributed by atoms with Crippen LogP contribution in [0.15, 0.2) is 0 Å². The van der Waals surface area contributed by atoms with Crippen molar-refractivity contribution in [2.75, 3.05) is 25.4 Å². The molecule has 1 aliphatic heterocycles. The number of likely N-dealkylation sites (tertiary alicyclic amines) is 1. The van der Waals surface area contributed by atoms with Gasteiger partial charge in [0, 0.05) is 5.75 Å². The first-order valence-electron chi connectivity index (χ1n) is 4.48. The van der Waals surface area contributed by atoms with Gasteiger partial charge < -0.3 is 10.6 Å². The van der Waals surface area contributed by atoms with Crippen LogP contribution < -0.4 is 5.73 Å². The molecule has 0 bridgehead atoms. The summed E-state index contributed by atoms with van der Waals surface area (Å²) in [7, 11) is 0. The van der Waals surface area contributed by atoms with Gasteiger partial charge in [-0.15, -0.1) is 0 Å². The van der Waals surface area contributed by atoms with Crippen LogP contribution in [-0.2, 0) is 0 Å². The fourth-order valence-corrected chi connectivity index (χ4v) is 1.97. The minimum Gasteiger partial charge on any atom is -0.379 e. The van der Waals surface area contributed by atoms with Crippen LogP contribution in [0, 0.1) is 5.41 Å². The molecule has 0 aromatic heterocycles. The number of amidine groups is 1. The van der Waals surface area contributed by atoms with E-state index in [-0.39, 0.29) is 5.17 Å². The molecule has 12 heavy (non-hydrogen) atoms. The van der Waals surface area contributed by atoms with Gasteiger partial charge in [-0.2, -0.15) is 0 Å². The molecule has 1 heterocycles. The van der Waals surface area contributed by atoms with Gasteiger partial charge in [-0.25, -0.2) is 0 Å². The molecule has 0 aromatic carbocycles. The van der Waals surface area contributed by atoms with Gasteiger partial charge in [0.05, 0.1) is 0 Å². The van der Waals surface area contributed by atoms with E-state index in [1.54, 1.807) is 0 Å². The van der Waals surface area contributed by atoms with Crippen molar-refractivity contribution in [2.24, 2.45) is 5.73 Å². The van der Waals surface area contributed by atoms with Gasteiger partial charge in [-0.1, -0.05) is 11.8 Å². The van der Waals surface area contributed by atoms with Gasteiger partial charge in [0.15, 0.2) is 5.17 Å². The molecule has 0 unspecified atom stereocenters. The van der Waals surface area contributed by atoms with Gasteiger partial charge in [0.25, 0.3) is 0 Å². The zero-order valence-corrected chi connectivity index (χ0v) is 8.20.